The van der Waals surface area contributed by atoms with Gasteiger partial charge in [0.2, 0.25) is 0 Å². The van der Waals surface area contributed by atoms with E-state index < -0.39 is 0 Å². The van der Waals surface area contributed by atoms with Gasteiger partial charge < -0.3 is 14.6 Å². The lowest BCUT2D eigenvalue weighted by Crippen LogP contribution is -2.33. The maximum Gasteiger partial charge on any atom is 0.119 e. The standard InChI is InChI=1S/C13H20ClNO3/c1-17-10-7-15(6-9-16)8-11-18-13-4-2-12(14)3-5-13/h2-5,16H,6-11H2,1H3. The number of nitrogens with zero attached hydrogens (tertiary/aromatic N) is 1. The zero-order chi connectivity index (χ0) is 13.2. The van der Waals surface area contributed by atoms with Gasteiger partial charge in [0.25, 0.3) is 0 Å². The van der Waals surface area contributed by atoms with Crippen LogP contribution in [0, 0.1) is 0 Å². The number of halogens is 1. The molecule has 0 spiro atoms. The Morgan fingerprint density at radius 2 is 1.78 bits per heavy atom. The van der Waals surface area contributed by atoms with Gasteiger partial charge in [-0.1, -0.05) is 11.6 Å². The molecule has 0 aromatic heterocycles. The number of ether oxygens (including phenoxy) is 2. The molecule has 102 valence electrons. The van der Waals surface area contributed by atoms with Crippen LogP contribution in [-0.2, 0) is 4.74 Å². The van der Waals surface area contributed by atoms with Gasteiger partial charge in [0, 0.05) is 31.8 Å². The number of methoxy groups -OCH3 is 1. The van der Waals surface area contributed by atoms with Crippen LogP contribution in [0.3, 0.4) is 0 Å². The van der Waals surface area contributed by atoms with E-state index in [1.165, 1.54) is 0 Å². The van der Waals surface area contributed by atoms with E-state index in [4.69, 9.17) is 26.2 Å². The number of aliphatic hydroxyl groups is 1. The topological polar surface area (TPSA) is 41.9 Å². The van der Waals surface area contributed by atoms with E-state index in [0.29, 0.717) is 24.8 Å². The first kappa shape index (κ1) is 15.2. The van der Waals surface area contributed by atoms with Crippen molar-refractivity contribution >= 4 is 11.6 Å². The maximum absolute atomic E-state index is 8.94. The van der Waals surface area contributed by atoms with Crippen LogP contribution in [-0.4, -0.2) is 56.6 Å². The summed E-state index contributed by atoms with van der Waals surface area (Å²) in [6.45, 7) is 3.55. The van der Waals surface area contributed by atoms with E-state index in [9.17, 15) is 0 Å². The fraction of sp³-hybridized carbons (Fsp3) is 0.538. The van der Waals surface area contributed by atoms with Gasteiger partial charge in [0.1, 0.15) is 12.4 Å². The molecule has 1 aromatic rings. The van der Waals surface area contributed by atoms with E-state index in [1.807, 2.05) is 12.1 Å². The molecule has 0 saturated carbocycles. The van der Waals surface area contributed by atoms with Crippen molar-refractivity contribution in [2.45, 2.75) is 0 Å². The Morgan fingerprint density at radius 3 is 2.39 bits per heavy atom. The Bertz CT molecular complexity index is 319. The van der Waals surface area contributed by atoms with E-state index in [0.717, 1.165) is 18.8 Å². The van der Waals surface area contributed by atoms with Gasteiger partial charge in [-0.05, 0) is 24.3 Å². The van der Waals surface area contributed by atoms with Crippen molar-refractivity contribution < 1.29 is 14.6 Å². The van der Waals surface area contributed by atoms with Crippen molar-refractivity contribution in [1.29, 1.82) is 0 Å². The Balaban J connectivity index is 2.26. The molecule has 4 nitrogen and oxygen atoms in total. The minimum absolute atomic E-state index is 0.144. The van der Waals surface area contributed by atoms with Gasteiger partial charge in [-0.25, -0.2) is 0 Å². The third kappa shape index (κ3) is 6.21. The second kappa shape index (κ2) is 9.16. The van der Waals surface area contributed by atoms with Crippen molar-refractivity contribution in [3.63, 3.8) is 0 Å². The molecule has 0 fully saturated rings. The first-order valence-corrected chi connectivity index (χ1v) is 6.34. The highest BCUT2D eigenvalue weighted by molar-refractivity contribution is 6.30. The molecule has 1 aromatic carbocycles. The van der Waals surface area contributed by atoms with Crippen LogP contribution in [0.4, 0.5) is 0 Å². The average Bonchev–Trinajstić information content (AvgIpc) is 2.38. The SMILES string of the molecule is COCCN(CCO)CCOc1ccc(Cl)cc1. The van der Waals surface area contributed by atoms with Crippen LogP contribution < -0.4 is 4.74 Å². The van der Waals surface area contributed by atoms with Gasteiger partial charge >= 0.3 is 0 Å². The lowest BCUT2D eigenvalue weighted by atomic mass is 10.3. The third-order valence-electron chi connectivity index (χ3n) is 2.52. The minimum Gasteiger partial charge on any atom is -0.492 e. The number of hydrogen-bond donors (Lipinski definition) is 1. The van der Waals surface area contributed by atoms with Crippen molar-refractivity contribution in [2.75, 3.05) is 46.6 Å². The molecular formula is C13H20ClNO3. The molecule has 1 rings (SSSR count). The summed E-state index contributed by atoms with van der Waals surface area (Å²) in [4.78, 5) is 2.10. The highest BCUT2D eigenvalue weighted by Gasteiger charge is 2.04. The van der Waals surface area contributed by atoms with Crippen molar-refractivity contribution in [2.24, 2.45) is 0 Å². The largest absolute Gasteiger partial charge is 0.492 e. The molecule has 1 N–H and O–H groups in total. The fourth-order valence-electron chi connectivity index (χ4n) is 1.52. The molecule has 0 atom stereocenters. The van der Waals surface area contributed by atoms with Crippen LogP contribution in [0.5, 0.6) is 5.75 Å². The Labute approximate surface area is 113 Å². The summed E-state index contributed by atoms with van der Waals surface area (Å²) in [5.41, 5.74) is 0. The predicted octanol–water partition coefficient (Wildman–Crippen LogP) is 1.66. The molecule has 0 unspecified atom stereocenters. The predicted molar refractivity (Wildman–Crippen MR) is 72.3 cm³/mol. The highest BCUT2D eigenvalue weighted by atomic mass is 35.5. The van der Waals surface area contributed by atoms with Crippen LogP contribution in [0.15, 0.2) is 24.3 Å². The van der Waals surface area contributed by atoms with Crippen LogP contribution in [0.25, 0.3) is 0 Å². The smallest absolute Gasteiger partial charge is 0.119 e. The van der Waals surface area contributed by atoms with Crippen molar-refractivity contribution in [3.05, 3.63) is 29.3 Å². The van der Waals surface area contributed by atoms with E-state index in [1.54, 1.807) is 19.2 Å². The van der Waals surface area contributed by atoms with Gasteiger partial charge in [0.15, 0.2) is 0 Å². The second-order valence-corrected chi connectivity index (χ2v) is 4.30. The quantitative estimate of drug-likeness (QED) is 0.743. The monoisotopic (exact) mass is 273 g/mol. The zero-order valence-corrected chi connectivity index (χ0v) is 11.4. The van der Waals surface area contributed by atoms with Gasteiger partial charge in [-0.15, -0.1) is 0 Å². The normalized spacial score (nSPS) is 10.9. The number of aliphatic hydroxyl groups excluding tert-OH is 1. The summed E-state index contributed by atoms with van der Waals surface area (Å²) in [5.74, 6) is 0.801. The first-order chi connectivity index (χ1) is 8.76. The summed E-state index contributed by atoms with van der Waals surface area (Å²) >= 11 is 5.79. The Hall–Kier alpha value is -0.810. The molecule has 0 aliphatic heterocycles. The average molecular weight is 274 g/mol. The van der Waals surface area contributed by atoms with Gasteiger partial charge in [-0.2, -0.15) is 0 Å². The Kier molecular flexibility index (Phi) is 7.76. The van der Waals surface area contributed by atoms with Crippen LogP contribution in [0.2, 0.25) is 5.02 Å². The second-order valence-electron chi connectivity index (χ2n) is 3.86. The third-order valence-corrected chi connectivity index (χ3v) is 2.77. The van der Waals surface area contributed by atoms with E-state index in [-0.39, 0.29) is 6.61 Å². The fourth-order valence-corrected chi connectivity index (χ4v) is 1.65. The zero-order valence-electron chi connectivity index (χ0n) is 10.6. The number of hydrogen-bond acceptors (Lipinski definition) is 4. The van der Waals surface area contributed by atoms with E-state index in [2.05, 4.69) is 4.90 Å². The lowest BCUT2D eigenvalue weighted by Gasteiger charge is -2.20. The summed E-state index contributed by atoms with van der Waals surface area (Å²) in [5, 5.41) is 9.64. The van der Waals surface area contributed by atoms with Crippen molar-refractivity contribution in [3.8, 4) is 5.75 Å². The molecule has 18 heavy (non-hydrogen) atoms. The highest BCUT2D eigenvalue weighted by Crippen LogP contribution is 2.15. The molecule has 0 heterocycles. The summed E-state index contributed by atoms with van der Waals surface area (Å²) in [6, 6.07) is 7.28. The minimum atomic E-state index is 0.144. The number of rotatable bonds is 9. The molecule has 0 amide bonds. The molecule has 0 aliphatic carbocycles. The molecule has 0 radical (unpaired) electrons. The lowest BCUT2D eigenvalue weighted by molar-refractivity contribution is 0.118. The molecule has 0 bridgehead atoms. The summed E-state index contributed by atoms with van der Waals surface area (Å²) < 4.78 is 10.6. The summed E-state index contributed by atoms with van der Waals surface area (Å²) in [7, 11) is 1.67. The molecule has 5 heteroatoms. The first-order valence-electron chi connectivity index (χ1n) is 5.96. The van der Waals surface area contributed by atoms with Crippen LogP contribution >= 0.6 is 11.6 Å². The molecule has 0 saturated heterocycles. The van der Waals surface area contributed by atoms with E-state index >= 15 is 0 Å². The van der Waals surface area contributed by atoms with Crippen molar-refractivity contribution in [1.82, 2.24) is 4.90 Å². The van der Waals surface area contributed by atoms with Gasteiger partial charge in [-0.3, -0.25) is 4.90 Å². The van der Waals surface area contributed by atoms with Gasteiger partial charge in [0.05, 0.1) is 13.2 Å². The van der Waals surface area contributed by atoms with Crippen LogP contribution in [0.1, 0.15) is 0 Å². The maximum atomic E-state index is 8.94. The molecule has 0 aliphatic rings. The number of benzene rings is 1. The Morgan fingerprint density at radius 1 is 1.11 bits per heavy atom. The summed E-state index contributed by atoms with van der Waals surface area (Å²) in [6.07, 6.45) is 0. The molecular weight excluding hydrogens is 254 g/mol.